The van der Waals surface area contributed by atoms with Gasteiger partial charge in [0.25, 0.3) is 0 Å². The van der Waals surface area contributed by atoms with E-state index in [1.54, 1.807) is 12.1 Å². The monoisotopic (exact) mass is 271 g/mol. The number of ether oxygens (including phenoxy) is 1. The van der Waals surface area contributed by atoms with Crippen molar-refractivity contribution < 1.29 is 13.9 Å². The number of nitrogens with one attached hydrogen (secondary N) is 1. The van der Waals surface area contributed by atoms with Gasteiger partial charge in [0.2, 0.25) is 0 Å². The Morgan fingerprint density at radius 3 is 3.00 bits per heavy atom. The first kappa shape index (κ1) is 13.3. The smallest absolute Gasteiger partial charge is 0.302 e. The van der Waals surface area contributed by atoms with Crippen LogP contribution in [0.25, 0.3) is 0 Å². The zero-order valence-electron chi connectivity index (χ0n) is 10.1. The molecule has 0 saturated carbocycles. The SMILES string of the molecule is CC(=O)OC1CCNC(c2ccc(Cl)c(F)c2)C1. The van der Waals surface area contributed by atoms with Gasteiger partial charge in [-0.05, 0) is 30.7 Å². The van der Waals surface area contributed by atoms with Crippen LogP contribution in [0.5, 0.6) is 0 Å². The highest BCUT2D eigenvalue weighted by atomic mass is 35.5. The lowest BCUT2D eigenvalue weighted by Crippen LogP contribution is -2.36. The van der Waals surface area contributed by atoms with Crippen molar-refractivity contribution in [3.05, 3.63) is 34.6 Å². The van der Waals surface area contributed by atoms with Crippen molar-refractivity contribution >= 4 is 17.6 Å². The molecule has 0 bridgehead atoms. The highest BCUT2D eigenvalue weighted by Crippen LogP contribution is 2.27. The Labute approximate surface area is 110 Å². The first-order chi connectivity index (χ1) is 8.56. The molecule has 1 aliphatic heterocycles. The molecule has 98 valence electrons. The summed E-state index contributed by atoms with van der Waals surface area (Å²) in [6, 6.07) is 4.76. The summed E-state index contributed by atoms with van der Waals surface area (Å²) in [6.07, 6.45) is 1.33. The minimum absolute atomic E-state index is 0.00475. The van der Waals surface area contributed by atoms with Crippen molar-refractivity contribution in [3.8, 4) is 0 Å². The standard InChI is InChI=1S/C13H15ClFNO2/c1-8(17)18-10-4-5-16-13(7-10)9-2-3-11(14)12(15)6-9/h2-3,6,10,13,16H,4-5,7H2,1H3. The molecular formula is C13H15ClFNO2. The van der Waals surface area contributed by atoms with Crippen molar-refractivity contribution in [2.75, 3.05) is 6.54 Å². The summed E-state index contributed by atoms with van der Waals surface area (Å²) in [5.41, 5.74) is 0.828. The van der Waals surface area contributed by atoms with Gasteiger partial charge in [-0.25, -0.2) is 4.39 Å². The van der Waals surface area contributed by atoms with Gasteiger partial charge in [-0.3, -0.25) is 4.79 Å². The van der Waals surface area contributed by atoms with Crippen molar-refractivity contribution in [2.24, 2.45) is 0 Å². The maximum absolute atomic E-state index is 13.4. The molecule has 0 radical (unpaired) electrons. The highest BCUT2D eigenvalue weighted by molar-refractivity contribution is 6.30. The van der Waals surface area contributed by atoms with Crippen molar-refractivity contribution in [3.63, 3.8) is 0 Å². The molecule has 1 N–H and O–H groups in total. The first-order valence-corrected chi connectivity index (χ1v) is 6.29. The van der Waals surface area contributed by atoms with Crippen LogP contribution in [0.1, 0.15) is 31.4 Å². The minimum Gasteiger partial charge on any atom is -0.462 e. The molecule has 3 nitrogen and oxygen atoms in total. The van der Waals surface area contributed by atoms with Crippen molar-refractivity contribution in [2.45, 2.75) is 31.9 Å². The van der Waals surface area contributed by atoms with E-state index in [-0.39, 0.29) is 23.1 Å². The molecule has 0 aromatic heterocycles. The second-order valence-electron chi connectivity index (χ2n) is 4.44. The summed E-state index contributed by atoms with van der Waals surface area (Å²) in [4.78, 5) is 10.9. The molecule has 5 heteroatoms. The van der Waals surface area contributed by atoms with Crippen LogP contribution in [0.2, 0.25) is 5.02 Å². The lowest BCUT2D eigenvalue weighted by molar-refractivity contribution is -0.147. The number of carbonyl (C=O) groups is 1. The number of rotatable bonds is 2. The van der Waals surface area contributed by atoms with Gasteiger partial charge < -0.3 is 10.1 Å². The molecule has 0 spiro atoms. The van der Waals surface area contributed by atoms with E-state index >= 15 is 0 Å². The number of carbonyl (C=O) groups excluding carboxylic acids is 1. The molecule has 0 amide bonds. The normalized spacial score (nSPS) is 23.7. The largest absolute Gasteiger partial charge is 0.462 e. The molecule has 2 rings (SSSR count). The van der Waals surface area contributed by atoms with E-state index in [0.717, 1.165) is 18.5 Å². The number of halogens is 2. The Hall–Kier alpha value is -1.13. The molecule has 18 heavy (non-hydrogen) atoms. The van der Waals surface area contributed by atoms with Gasteiger partial charge in [0.1, 0.15) is 11.9 Å². The average Bonchev–Trinajstić information content (AvgIpc) is 2.32. The van der Waals surface area contributed by atoms with Crippen molar-refractivity contribution in [1.29, 1.82) is 0 Å². The molecule has 0 aliphatic carbocycles. The predicted molar refractivity (Wildman–Crippen MR) is 66.9 cm³/mol. The Morgan fingerprint density at radius 1 is 1.56 bits per heavy atom. The zero-order chi connectivity index (χ0) is 13.1. The Balaban J connectivity index is 2.08. The summed E-state index contributed by atoms with van der Waals surface area (Å²) in [5, 5.41) is 3.40. The van der Waals surface area contributed by atoms with E-state index in [4.69, 9.17) is 16.3 Å². The molecule has 2 atom stereocenters. The Morgan fingerprint density at radius 2 is 2.33 bits per heavy atom. The Bertz CT molecular complexity index is 453. The summed E-state index contributed by atoms with van der Waals surface area (Å²) >= 11 is 5.65. The van der Waals surface area contributed by atoms with Gasteiger partial charge >= 0.3 is 5.97 Å². The van der Waals surface area contributed by atoms with Gasteiger partial charge in [0.15, 0.2) is 0 Å². The number of piperidine rings is 1. The van der Waals surface area contributed by atoms with E-state index in [9.17, 15) is 9.18 Å². The summed E-state index contributed by atoms with van der Waals surface area (Å²) in [7, 11) is 0. The van der Waals surface area contributed by atoms with Crippen LogP contribution in [0, 0.1) is 5.82 Å². The fraction of sp³-hybridized carbons (Fsp3) is 0.462. The van der Waals surface area contributed by atoms with Gasteiger partial charge in [0, 0.05) is 19.4 Å². The minimum atomic E-state index is -0.425. The maximum atomic E-state index is 13.4. The van der Waals surface area contributed by atoms with Crippen LogP contribution in [0.4, 0.5) is 4.39 Å². The molecule has 1 saturated heterocycles. The fourth-order valence-electron chi connectivity index (χ4n) is 2.21. The summed E-state index contributed by atoms with van der Waals surface area (Å²) in [6.45, 7) is 2.14. The topological polar surface area (TPSA) is 38.3 Å². The van der Waals surface area contributed by atoms with Crippen LogP contribution < -0.4 is 5.32 Å². The van der Waals surface area contributed by atoms with Crippen LogP contribution in [-0.4, -0.2) is 18.6 Å². The van der Waals surface area contributed by atoms with Crippen LogP contribution in [0.15, 0.2) is 18.2 Å². The third-order valence-electron chi connectivity index (χ3n) is 3.03. The lowest BCUT2D eigenvalue weighted by atomic mass is 9.95. The number of esters is 1. The number of benzene rings is 1. The molecular weight excluding hydrogens is 257 g/mol. The van der Waals surface area contributed by atoms with E-state index in [0.29, 0.717) is 6.42 Å². The predicted octanol–water partition coefficient (Wildman–Crippen LogP) is 2.84. The van der Waals surface area contributed by atoms with Crippen LogP contribution in [-0.2, 0) is 9.53 Å². The van der Waals surface area contributed by atoms with E-state index in [2.05, 4.69) is 5.32 Å². The molecule has 1 aromatic carbocycles. The molecule has 1 aromatic rings. The van der Waals surface area contributed by atoms with Gasteiger partial charge in [-0.2, -0.15) is 0 Å². The zero-order valence-corrected chi connectivity index (χ0v) is 10.8. The molecule has 1 fully saturated rings. The third-order valence-corrected chi connectivity index (χ3v) is 3.34. The fourth-order valence-corrected chi connectivity index (χ4v) is 2.32. The lowest BCUT2D eigenvalue weighted by Gasteiger charge is -2.30. The van der Waals surface area contributed by atoms with E-state index in [1.807, 2.05) is 0 Å². The second kappa shape index (κ2) is 5.67. The number of hydrogen-bond acceptors (Lipinski definition) is 3. The highest BCUT2D eigenvalue weighted by Gasteiger charge is 2.25. The number of hydrogen-bond donors (Lipinski definition) is 1. The Kier molecular flexibility index (Phi) is 4.19. The van der Waals surface area contributed by atoms with Gasteiger partial charge in [-0.15, -0.1) is 0 Å². The van der Waals surface area contributed by atoms with E-state index < -0.39 is 5.82 Å². The maximum Gasteiger partial charge on any atom is 0.302 e. The van der Waals surface area contributed by atoms with Crippen LogP contribution >= 0.6 is 11.6 Å². The molecule has 1 heterocycles. The van der Waals surface area contributed by atoms with Crippen LogP contribution in [0.3, 0.4) is 0 Å². The summed E-state index contributed by atoms with van der Waals surface area (Å²) < 4.78 is 18.6. The molecule has 2 unspecified atom stereocenters. The molecule has 1 aliphatic rings. The first-order valence-electron chi connectivity index (χ1n) is 5.92. The average molecular weight is 272 g/mol. The van der Waals surface area contributed by atoms with Gasteiger partial charge in [0.05, 0.1) is 5.02 Å². The quantitative estimate of drug-likeness (QED) is 0.841. The van der Waals surface area contributed by atoms with E-state index in [1.165, 1.54) is 13.0 Å². The van der Waals surface area contributed by atoms with Gasteiger partial charge in [-0.1, -0.05) is 17.7 Å². The second-order valence-corrected chi connectivity index (χ2v) is 4.84. The van der Waals surface area contributed by atoms with Crippen molar-refractivity contribution in [1.82, 2.24) is 5.32 Å². The summed E-state index contributed by atoms with van der Waals surface area (Å²) in [5.74, 6) is -0.700. The third kappa shape index (κ3) is 3.21.